The van der Waals surface area contributed by atoms with Gasteiger partial charge in [0.1, 0.15) is 0 Å². The minimum Gasteiger partial charge on any atom is -0.396 e. The van der Waals surface area contributed by atoms with Crippen LogP contribution < -0.4 is 10.6 Å². The molecule has 1 aliphatic rings. The average Bonchev–Trinajstić information content (AvgIpc) is 2.84. The monoisotopic (exact) mass is 477 g/mol. The maximum Gasteiger partial charge on any atom is 0.191 e. The minimum atomic E-state index is 0. The molecule has 0 radical (unpaired) electrons. The second-order valence-corrected chi connectivity index (χ2v) is 7.36. The van der Waals surface area contributed by atoms with E-state index in [4.69, 9.17) is 4.99 Å². The van der Waals surface area contributed by atoms with E-state index in [-0.39, 0.29) is 36.0 Å². The second-order valence-electron chi connectivity index (χ2n) is 7.36. The van der Waals surface area contributed by atoms with E-state index in [0.29, 0.717) is 6.54 Å². The van der Waals surface area contributed by atoms with Gasteiger partial charge in [0.15, 0.2) is 5.96 Å². The van der Waals surface area contributed by atoms with Gasteiger partial charge in [-0.2, -0.15) is 5.10 Å². The molecule has 6 nitrogen and oxygen atoms in total. The Bertz CT molecular complexity index is 573. The lowest BCUT2D eigenvalue weighted by molar-refractivity contribution is 0.131. The topological polar surface area (TPSA) is 74.5 Å². The zero-order chi connectivity index (χ0) is 18.3. The molecule has 0 bridgehead atoms. The van der Waals surface area contributed by atoms with Crippen molar-refractivity contribution in [3.8, 4) is 0 Å². The van der Waals surface area contributed by atoms with Crippen LogP contribution in [0.25, 0.3) is 0 Å². The molecular weight excluding hydrogens is 441 g/mol. The molecule has 1 aromatic heterocycles. The molecule has 150 valence electrons. The lowest BCUT2D eigenvalue weighted by Crippen LogP contribution is -2.45. The molecule has 0 unspecified atom stereocenters. The highest BCUT2D eigenvalue weighted by Gasteiger charge is 2.31. The van der Waals surface area contributed by atoms with Crippen molar-refractivity contribution in [2.45, 2.75) is 65.8 Å². The van der Waals surface area contributed by atoms with Gasteiger partial charge in [0.2, 0.25) is 0 Å². The van der Waals surface area contributed by atoms with Crippen molar-refractivity contribution < 1.29 is 5.11 Å². The summed E-state index contributed by atoms with van der Waals surface area (Å²) < 4.78 is 1.92. The summed E-state index contributed by atoms with van der Waals surface area (Å²) in [6.07, 6.45) is 7.12. The Kier molecular flexibility index (Phi) is 9.92. The molecule has 0 amide bonds. The average molecular weight is 477 g/mol. The molecule has 0 spiro atoms. The van der Waals surface area contributed by atoms with Crippen molar-refractivity contribution in [1.29, 1.82) is 0 Å². The summed E-state index contributed by atoms with van der Waals surface area (Å²) in [5.74, 6) is 0.855. The van der Waals surface area contributed by atoms with Crippen LogP contribution in [0.1, 0.15) is 62.4 Å². The number of guanidine groups is 1. The van der Waals surface area contributed by atoms with Crippen LogP contribution in [0.15, 0.2) is 4.99 Å². The predicted octanol–water partition coefficient (Wildman–Crippen LogP) is 3.04. The highest BCUT2D eigenvalue weighted by molar-refractivity contribution is 14.0. The summed E-state index contributed by atoms with van der Waals surface area (Å²) in [4.78, 5) is 4.77. The summed E-state index contributed by atoms with van der Waals surface area (Å²) in [6.45, 7) is 8.83. The van der Waals surface area contributed by atoms with E-state index in [1.54, 1.807) is 0 Å². The molecular formula is C19H36IN5O. The number of aryl methyl sites for hydroxylation is 2. The number of rotatable bonds is 7. The molecule has 0 saturated heterocycles. The van der Waals surface area contributed by atoms with Gasteiger partial charge in [-0.15, -0.1) is 24.0 Å². The summed E-state index contributed by atoms with van der Waals surface area (Å²) in [5, 5.41) is 20.8. The fourth-order valence-corrected chi connectivity index (χ4v) is 3.87. The fraction of sp³-hybridized carbons (Fsp3) is 0.789. The van der Waals surface area contributed by atoms with Crippen LogP contribution in [0.5, 0.6) is 0 Å². The van der Waals surface area contributed by atoms with Crippen molar-refractivity contribution in [3.05, 3.63) is 17.0 Å². The van der Waals surface area contributed by atoms with Crippen molar-refractivity contribution in [1.82, 2.24) is 20.4 Å². The normalized spacial score (nSPS) is 16.9. The van der Waals surface area contributed by atoms with E-state index in [1.807, 2.05) is 18.7 Å². The Balaban J connectivity index is 0.00000338. The molecule has 1 aliphatic carbocycles. The lowest BCUT2D eigenvalue weighted by atomic mass is 9.72. The third-order valence-corrected chi connectivity index (χ3v) is 5.59. The Morgan fingerprint density at radius 1 is 1.23 bits per heavy atom. The zero-order valence-corrected chi connectivity index (χ0v) is 19.1. The first-order chi connectivity index (χ1) is 12.0. The van der Waals surface area contributed by atoms with Gasteiger partial charge in [0, 0.05) is 38.0 Å². The zero-order valence-electron chi connectivity index (χ0n) is 16.8. The minimum absolute atomic E-state index is 0. The van der Waals surface area contributed by atoms with Crippen LogP contribution in [0.3, 0.4) is 0 Å². The highest BCUT2D eigenvalue weighted by atomic mass is 127. The molecule has 1 saturated carbocycles. The van der Waals surface area contributed by atoms with Crippen LogP contribution in [0.2, 0.25) is 0 Å². The summed E-state index contributed by atoms with van der Waals surface area (Å²) >= 11 is 0. The van der Waals surface area contributed by atoms with Gasteiger partial charge < -0.3 is 15.7 Å². The van der Waals surface area contributed by atoms with Gasteiger partial charge in [0.25, 0.3) is 0 Å². The molecule has 0 aromatic carbocycles. The van der Waals surface area contributed by atoms with E-state index < -0.39 is 0 Å². The molecule has 0 aliphatic heterocycles. The number of nitrogens with one attached hydrogen (secondary N) is 2. The molecule has 1 fully saturated rings. The van der Waals surface area contributed by atoms with Crippen LogP contribution in [-0.4, -0.2) is 40.5 Å². The summed E-state index contributed by atoms with van der Waals surface area (Å²) in [6, 6.07) is 0. The SMILES string of the molecule is CCNC(=NCc1c(C)nn(C)c1C)NCC1(CCO)CCCCC1.I. The number of aliphatic hydroxyl groups excluding tert-OH is 1. The highest BCUT2D eigenvalue weighted by Crippen LogP contribution is 2.38. The van der Waals surface area contributed by atoms with E-state index in [1.165, 1.54) is 43.4 Å². The fourth-order valence-electron chi connectivity index (χ4n) is 3.87. The van der Waals surface area contributed by atoms with Gasteiger partial charge >= 0.3 is 0 Å². The predicted molar refractivity (Wildman–Crippen MR) is 118 cm³/mol. The Morgan fingerprint density at radius 2 is 1.92 bits per heavy atom. The maximum absolute atomic E-state index is 9.48. The van der Waals surface area contributed by atoms with Gasteiger partial charge in [-0.1, -0.05) is 19.3 Å². The molecule has 2 rings (SSSR count). The largest absolute Gasteiger partial charge is 0.396 e. The third kappa shape index (κ3) is 6.11. The number of halogens is 1. The molecule has 3 N–H and O–H groups in total. The van der Waals surface area contributed by atoms with Crippen LogP contribution in [0.4, 0.5) is 0 Å². The Hall–Kier alpha value is -0.830. The van der Waals surface area contributed by atoms with E-state index in [9.17, 15) is 5.11 Å². The Morgan fingerprint density at radius 3 is 2.46 bits per heavy atom. The number of aliphatic hydroxyl groups is 1. The molecule has 1 aromatic rings. The van der Waals surface area contributed by atoms with E-state index in [0.717, 1.165) is 31.2 Å². The summed E-state index contributed by atoms with van der Waals surface area (Å²) in [5.41, 5.74) is 3.62. The molecule has 7 heteroatoms. The second kappa shape index (κ2) is 11.1. The maximum atomic E-state index is 9.48. The quantitative estimate of drug-likeness (QED) is 0.321. The molecule has 1 heterocycles. The first-order valence-corrected chi connectivity index (χ1v) is 9.63. The van der Waals surface area contributed by atoms with Crippen LogP contribution in [-0.2, 0) is 13.6 Å². The Labute approximate surface area is 175 Å². The van der Waals surface area contributed by atoms with Gasteiger partial charge in [-0.25, -0.2) is 4.99 Å². The number of nitrogens with zero attached hydrogens (tertiary/aromatic N) is 3. The van der Waals surface area contributed by atoms with E-state index in [2.05, 4.69) is 29.6 Å². The van der Waals surface area contributed by atoms with Crippen LogP contribution >= 0.6 is 24.0 Å². The standard InChI is InChI=1S/C19H35N5O.HI/c1-5-20-18(21-13-17-15(2)23-24(4)16(17)3)22-14-19(11-12-25)9-7-6-8-10-19;/h25H,5-14H2,1-4H3,(H2,20,21,22);1H. The molecule has 26 heavy (non-hydrogen) atoms. The first-order valence-electron chi connectivity index (χ1n) is 9.63. The third-order valence-electron chi connectivity index (χ3n) is 5.59. The number of aromatic nitrogens is 2. The summed E-state index contributed by atoms with van der Waals surface area (Å²) in [7, 11) is 1.97. The van der Waals surface area contributed by atoms with Gasteiger partial charge in [-0.3, -0.25) is 4.68 Å². The van der Waals surface area contributed by atoms with E-state index >= 15 is 0 Å². The van der Waals surface area contributed by atoms with Crippen molar-refractivity contribution in [2.75, 3.05) is 19.7 Å². The van der Waals surface area contributed by atoms with Gasteiger partial charge in [-0.05, 0) is 45.4 Å². The molecule has 0 atom stereocenters. The van der Waals surface area contributed by atoms with Crippen molar-refractivity contribution >= 4 is 29.9 Å². The smallest absolute Gasteiger partial charge is 0.191 e. The van der Waals surface area contributed by atoms with Crippen molar-refractivity contribution in [2.24, 2.45) is 17.5 Å². The first kappa shape index (κ1) is 23.2. The lowest BCUT2D eigenvalue weighted by Gasteiger charge is -2.37. The number of hydrogen-bond acceptors (Lipinski definition) is 3. The number of aliphatic imine (C=N–C) groups is 1. The number of hydrogen-bond donors (Lipinski definition) is 3. The van der Waals surface area contributed by atoms with Gasteiger partial charge in [0.05, 0.1) is 12.2 Å². The van der Waals surface area contributed by atoms with Crippen LogP contribution in [0, 0.1) is 19.3 Å². The van der Waals surface area contributed by atoms with Crippen molar-refractivity contribution in [3.63, 3.8) is 0 Å².